The zero-order valence-electron chi connectivity index (χ0n) is 9.72. The molecule has 0 N–H and O–H groups in total. The molecule has 0 aromatic heterocycles. The molecule has 1 saturated heterocycles. The summed E-state index contributed by atoms with van der Waals surface area (Å²) in [7, 11) is 0. The van der Waals surface area contributed by atoms with Crippen LogP contribution in [-0.4, -0.2) is 15.9 Å². The van der Waals surface area contributed by atoms with Gasteiger partial charge in [-0.3, -0.25) is 0 Å². The molecule has 0 aromatic carbocycles. The topological polar surface area (TPSA) is 3.24 Å². The maximum atomic E-state index is 5.43. The molecule has 1 fully saturated rings. The van der Waals surface area contributed by atoms with E-state index in [1.165, 1.54) is 5.70 Å². The highest BCUT2D eigenvalue weighted by Crippen LogP contribution is 2.54. The fourth-order valence-electron chi connectivity index (χ4n) is 2.68. The van der Waals surface area contributed by atoms with E-state index >= 15 is 0 Å². The van der Waals surface area contributed by atoms with Gasteiger partial charge in [-0.25, -0.2) is 0 Å². The van der Waals surface area contributed by atoms with Gasteiger partial charge in [0.1, 0.15) is 0 Å². The van der Waals surface area contributed by atoms with Crippen molar-refractivity contribution < 1.29 is 0 Å². The molecular formula is C12H19NS. The summed E-state index contributed by atoms with van der Waals surface area (Å²) in [6.07, 6.45) is 1.02. The number of hydrogen-bond acceptors (Lipinski definition) is 1. The van der Waals surface area contributed by atoms with Gasteiger partial charge in [0.15, 0.2) is 0 Å². The first-order valence-corrected chi connectivity index (χ1v) is 5.83. The van der Waals surface area contributed by atoms with Crippen LogP contribution in [0.5, 0.6) is 0 Å². The molecule has 1 unspecified atom stereocenters. The standard InChI is InChI=1S/C12H19NS/c1-7(2)9-6-10(14)13-8(3)12(4,5)11(9)13/h7-8H,6H2,1-5H3. The lowest BCUT2D eigenvalue weighted by atomic mass is 9.71. The second kappa shape index (κ2) is 2.82. The number of rotatable bonds is 1. The summed E-state index contributed by atoms with van der Waals surface area (Å²) in [4.78, 5) is 3.50. The molecule has 2 rings (SSSR count). The summed E-state index contributed by atoms with van der Waals surface area (Å²) in [5, 5.41) is 0. The van der Waals surface area contributed by atoms with Crippen LogP contribution in [0.25, 0.3) is 0 Å². The smallest absolute Gasteiger partial charge is 0.0866 e. The van der Waals surface area contributed by atoms with E-state index in [0.29, 0.717) is 17.4 Å². The van der Waals surface area contributed by atoms with Gasteiger partial charge in [-0.15, -0.1) is 0 Å². The lowest BCUT2D eigenvalue weighted by molar-refractivity contribution is 0.0981. The van der Waals surface area contributed by atoms with Crippen LogP contribution in [0.4, 0.5) is 0 Å². The van der Waals surface area contributed by atoms with Gasteiger partial charge >= 0.3 is 0 Å². The summed E-state index contributed by atoms with van der Waals surface area (Å²) in [6.45, 7) is 11.5. The largest absolute Gasteiger partial charge is 0.335 e. The van der Waals surface area contributed by atoms with E-state index in [0.717, 1.165) is 11.4 Å². The van der Waals surface area contributed by atoms with Crippen molar-refractivity contribution in [2.75, 3.05) is 0 Å². The Morgan fingerprint density at radius 2 is 2.00 bits per heavy atom. The fourth-order valence-corrected chi connectivity index (χ4v) is 3.08. The van der Waals surface area contributed by atoms with E-state index < -0.39 is 0 Å². The molecule has 0 aliphatic carbocycles. The van der Waals surface area contributed by atoms with Gasteiger partial charge in [0.05, 0.1) is 4.99 Å². The molecule has 0 bridgehead atoms. The molecule has 1 atom stereocenters. The Kier molecular flexibility index (Phi) is 2.04. The molecule has 2 heterocycles. The van der Waals surface area contributed by atoms with Crippen LogP contribution in [0.3, 0.4) is 0 Å². The van der Waals surface area contributed by atoms with Crippen LogP contribution in [0, 0.1) is 11.3 Å². The highest BCUT2D eigenvalue weighted by molar-refractivity contribution is 7.80. The molecule has 2 heteroatoms. The zero-order chi connectivity index (χ0) is 10.7. The Bertz CT molecular complexity index is 325. The first-order valence-electron chi connectivity index (χ1n) is 5.43. The van der Waals surface area contributed by atoms with Crippen molar-refractivity contribution in [1.82, 2.24) is 4.90 Å². The van der Waals surface area contributed by atoms with Crippen LogP contribution in [-0.2, 0) is 0 Å². The Labute approximate surface area is 92.2 Å². The average molecular weight is 209 g/mol. The van der Waals surface area contributed by atoms with Crippen molar-refractivity contribution in [3.05, 3.63) is 11.3 Å². The van der Waals surface area contributed by atoms with E-state index in [2.05, 4.69) is 39.5 Å². The number of nitrogens with zero attached hydrogens (tertiary/aromatic N) is 1. The first kappa shape index (κ1) is 10.2. The zero-order valence-corrected chi connectivity index (χ0v) is 10.5. The average Bonchev–Trinajstić information content (AvgIpc) is 2.41. The van der Waals surface area contributed by atoms with E-state index in [1.807, 2.05) is 0 Å². The van der Waals surface area contributed by atoms with Crippen LogP contribution in [0.1, 0.15) is 41.0 Å². The first-order chi connectivity index (χ1) is 6.37. The molecule has 14 heavy (non-hydrogen) atoms. The minimum Gasteiger partial charge on any atom is -0.335 e. The minimum absolute atomic E-state index is 0.333. The molecule has 0 spiro atoms. The molecule has 2 aliphatic rings. The third-order valence-electron chi connectivity index (χ3n) is 3.89. The molecule has 1 nitrogen and oxygen atoms in total. The number of fused-ring (bicyclic) bond motifs is 1. The molecule has 0 aromatic rings. The maximum absolute atomic E-state index is 5.43. The van der Waals surface area contributed by atoms with Crippen LogP contribution in [0.15, 0.2) is 11.3 Å². The van der Waals surface area contributed by atoms with Crippen molar-refractivity contribution in [3.8, 4) is 0 Å². The number of thiocarbonyl (C=S) groups is 1. The SMILES string of the molecule is CC(C)C1=C2N(C(=S)C1)C(C)C2(C)C. The van der Waals surface area contributed by atoms with Crippen molar-refractivity contribution in [1.29, 1.82) is 0 Å². The predicted molar refractivity (Wildman–Crippen MR) is 64.2 cm³/mol. The van der Waals surface area contributed by atoms with Gasteiger partial charge < -0.3 is 4.90 Å². The molecule has 0 radical (unpaired) electrons. The highest BCUT2D eigenvalue weighted by atomic mass is 32.1. The van der Waals surface area contributed by atoms with E-state index in [4.69, 9.17) is 12.2 Å². The van der Waals surface area contributed by atoms with E-state index in [-0.39, 0.29) is 0 Å². The summed E-state index contributed by atoms with van der Waals surface area (Å²) in [5.74, 6) is 0.639. The van der Waals surface area contributed by atoms with Crippen LogP contribution < -0.4 is 0 Å². The van der Waals surface area contributed by atoms with E-state index in [1.54, 1.807) is 5.57 Å². The lowest BCUT2D eigenvalue weighted by Gasteiger charge is -2.54. The second-order valence-electron chi connectivity index (χ2n) is 5.37. The van der Waals surface area contributed by atoms with E-state index in [9.17, 15) is 0 Å². The van der Waals surface area contributed by atoms with Crippen molar-refractivity contribution in [2.24, 2.45) is 11.3 Å². The van der Waals surface area contributed by atoms with Crippen LogP contribution in [0.2, 0.25) is 0 Å². The summed E-state index contributed by atoms with van der Waals surface area (Å²) in [6, 6.07) is 0.584. The minimum atomic E-state index is 0.333. The molecule has 2 aliphatic heterocycles. The normalized spacial score (nSPS) is 29.7. The van der Waals surface area contributed by atoms with Gasteiger partial charge in [0.2, 0.25) is 0 Å². The lowest BCUT2D eigenvalue weighted by Crippen LogP contribution is -2.57. The Balaban J connectivity index is 2.43. The van der Waals surface area contributed by atoms with Gasteiger partial charge in [-0.05, 0) is 18.4 Å². The number of hydrogen-bond donors (Lipinski definition) is 0. The summed E-state index contributed by atoms with van der Waals surface area (Å²) in [5.41, 5.74) is 3.42. The third-order valence-corrected chi connectivity index (χ3v) is 4.24. The molecule has 0 saturated carbocycles. The third kappa shape index (κ3) is 1.04. The predicted octanol–water partition coefficient (Wildman–Crippen LogP) is 3.36. The van der Waals surface area contributed by atoms with Gasteiger partial charge in [-0.2, -0.15) is 0 Å². The second-order valence-corrected chi connectivity index (χ2v) is 5.84. The van der Waals surface area contributed by atoms with Gasteiger partial charge in [0.25, 0.3) is 0 Å². The Hall–Kier alpha value is -0.370. The molecule has 78 valence electrons. The summed E-state index contributed by atoms with van der Waals surface area (Å²) >= 11 is 5.43. The van der Waals surface area contributed by atoms with Crippen molar-refractivity contribution >= 4 is 17.2 Å². The molecular weight excluding hydrogens is 190 g/mol. The molecule has 0 amide bonds. The Morgan fingerprint density at radius 1 is 1.43 bits per heavy atom. The van der Waals surface area contributed by atoms with Gasteiger partial charge in [-0.1, -0.05) is 39.9 Å². The van der Waals surface area contributed by atoms with Crippen molar-refractivity contribution in [2.45, 2.75) is 47.1 Å². The quantitative estimate of drug-likeness (QED) is 0.609. The summed E-state index contributed by atoms with van der Waals surface area (Å²) < 4.78 is 0. The monoisotopic (exact) mass is 209 g/mol. The fraction of sp³-hybridized carbons (Fsp3) is 0.750. The van der Waals surface area contributed by atoms with Crippen LogP contribution >= 0.6 is 12.2 Å². The maximum Gasteiger partial charge on any atom is 0.0866 e. The van der Waals surface area contributed by atoms with Gasteiger partial charge in [0, 0.05) is 23.6 Å². The highest BCUT2D eigenvalue weighted by Gasteiger charge is 2.53. The Morgan fingerprint density at radius 3 is 2.50 bits per heavy atom. The van der Waals surface area contributed by atoms with Crippen molar-refractivity contribution in [3.63, 3.8) is 0 Å².